The lowest BCUT2D eigenvalue weighted by molar-refractivity contribution is -0.150. The second-order valence-electron chi connectivity index (χ2n) is 6.64. The number of nitrogens with two attached hydrogens (primary N) is 1. The maximum atomic E-state index is 13.9. The molecule has 0 aliphatic rings. The molecule has 0 radical (unpaired) electrons. The van der Waals surface area contributed by atoms with Crippen molar-refractivity contribution in [3.8, 4) is 11.5 Å². The Morgan fingerprint density at radius 3 is 1.76 bits per heavy atom. The van der Waals surface area contributed by atoms with E-state index < -0.39 is 35.7 Å². The van der Waals surface area contributed by atoms with E-state index in [0.717, 1.165) is 0 Å². The summed E-state index contributed by atoms with van der Waals surface area (Å²) in [5.41, 5.74) is 6.81. The minimum atomic E-state index is -0.808. The van der Waals surface area contributed by atoms with E-state index in [-0.39, 0.29) is 0 Å². The molecule has 5 nitrogen and oxygen atoms in total. The summed E-state index contributed by atoms with van der Waals surface area (Å²) in [4.78, 5) is 12.1. The SMILES string of the molecule is CCOc1cc(F)ccc1C(c1ccc(F)cc1OCC)[C@H](C)OC(=O)[C@H](C)N. The standard InChI is InChI=1S/C22H27F2NO4/c1-5-27-19-11-15(23)7-9-17(19)21(14(4)29-22(26)13(3)25)18-10-8-16(24)12-20(18)28-6-2/h7-14,21H,5-6,25H2,1-4H3/t13-,14-/m0/s1. The number of hydrogen-bond donors (Lipinski definition) is 1. The first kappa shape index (κ1) is 22.6. The van der Waals surface area contributed by atoms with Crippen molar-refractivity contribution >= 4 is 5.97 Å². The van der Waals surface area contributed by atoms with Gasteiger partial charge < -0.3 is 19.9 Å². The topological polar surface area (TPSA) is 70.8 Å². The molecule has 0 bridgehead atoms. The molecule has 2 aromatic carbocycles. The van der Waals surface area contributed by atoms with Gasteiger partial charge in [0, 0.05) is 23.3 Å². The molecule has 0 saturated carbocycles. The third-order valence-corrected chi connectivity index (χ3v) is 4.36. The van der Waals surface area contributed by atoms with Crippen molar-refractivity contribution in [1.29, 1.82) is 0 Å². The molecule has 2 atom stereocenters. The van der Waals surface area contributed by atoms with E-state index in [2.05, 4.69) is 0 Å². The summed E-state index contributed by atoms with van der Waals surface area (Å²) in [5, 5.41) is 0. The molecular weight excluding hydrogens is 380 g/mol. The Hall–Kier alpha value is -2.67. The molecule has 0 saturated heterocycles. The molecule has 0 aliphatic heterocycles. The van der Waals surface area contributed by atoms with Gasteiger partial charge >= 0.3 is 5.97 Å². The van der Waals surface area contributed by atoms with Crippen LogP contribution in [-0.4, -0.2) is 31.3 Å². The van der Waals surface area contributed by atoms with Gasteiger partial charge in [0.15, 0.2) is 0 Å². The molecule has 0 aliphatic carbocycles. The number of ether oxygens (including phenoxy) is 3. The van der Waals surface area contributed by atoms with Crippen LogP contribution < -0.4 is 15.2 Å². The highest BCUT2D eigenvalue weighted by Gasteiger charge is 2.31. The van der Waals surface area contributed by atoms with Crippen molar-refractivity contribution in [2.45, 2.75) is 45.8 Å². The van der Waals surface area contributed by atoms with Crippen LogP contribution in [0, 0.1) is 11.6 Å². The predicted molar refractivity (Wildman–Crippen MR) is 106 cm³/mol. The summed E-state index contributed by atoms with van der Waals surface area (Å²) in [6, 6.07) is 7.48. The summed E-state index contributed by atoms with van der Waals surface area (Å²) < 4.78 is 44.5. The Kier molecular flexibility index (Phi) is 7.96. The van der Waals surface area contributed by atoms with E-state index in [1.54, 1.807) is 32.9 Å². The maximum absolute atomic E-state index is 13.9. The Morgan fingerprint density at radius 1 is 0.931 bits per heavy atom. The number of esters is 1. The largest absolute Gasteiger partial charge is 0.493 e. The van der Waals surface area contributed by atoms with Gasteiger partial charge in [-0.25, -0.2) is 8.78 Å². The van der Waals surface area contributed by atoms with E-state index in [1.165, 1.54) is 31.2 Å². The Bertz CT molecular complexity index is 786. The summed E-state index contributed by atoms with van der Waals surface area (Å²) in [5.74, 6) is -1.47. The van der Waals surface area contributed by atoms with E-state index >= 15 is 0 Å². The molecule has 7 heteroatoms. The van der Waals surface area contributed by atoms with Crippen LogP contribution in [0.3, 0.4) is 0 Å². The smallest absolute Gasteiger partial charge is 0.322 e. The molecule has 0 aromatic heterocycles. The number of hydrogen-bond acceptors (Lipinski definition) is 5. The molecule has 2 rings (SSSR count). The van der Waals surface area contributed by atoms with Gasteiger partial charge in [0.05, 0.1) is 19.1 Å². The van der Waals surface area contributed by atoms with Crippen LogP contribution in [0.4, 0.5) is 8.78 Å². The predicted octanol–water partition coefficient (Wildman–Crippen LogP) is 4.17. The van der Waals surface area contributed by atoms with E-state index in [0.29, 0.717) is 35.8 Å². The van der Waals surface area contributed by atoms with Gasteiger partial charge in [-0.3, -0.25) is 4.79 Å². The van der Waals surface area contributed by atoms with Gasteiger partial charge in [-0.1, -0.05) is 12.1 Å². The average Bonchev–Trinajstić information content (AvgIpc) is 2.65. The second-order valence-corrected chi connectivity index (χ2v) is 6.64. The van der Waals surface area contributed by atoms with Crippen molar-refractivity contribution in [3.63, 3.8) is 0 Å². The lowest BCUT2D eigenvalue weighted by atomic mass is 9.85. The van der Waals surface area contributed by atoms with Gasteiger partial charge in [-0.15, -0.1) is 0 Å². The van der Waals surface area contributed by atoms with Crippen LogP contribution in [0.5, 0.6) is 11.5 Å². The molecule has 0 spiro atoms. The fourth-order valence-electron chi connectivity index (χ4n) is 3.12. The Balaban J connectivity index is 2.63. The van der Waals surface area contributed by atoms with Gasteiger partial charge in [-0.05, 0) is 39.8 Å². The first-order chi connectivity index (χ1) is 13.8. The van der Waals surface area contributed by atoms with Crippen molar-refractivity contribution in [2.24, 2.45) is 5.73 Å². The van der Waals surface area contributed by atoms with Crippen LogP contribution in [0.15, 0.2) is 36.4 Å². The minimum Gasteiger partial charge on any atom is -0.493 e. The zero-order valence-electron chi connectivity index (χ0n) is 17.1. The zero-order valence-corrected chi connectivity index (χ0v) is 17.1. The van der Waals surface area contributed by atoms with Crippen LogP contribution >= 0.6 is 0 Å². The Morgan fingerprint density at radius 2 is 1.38 bits per heavy atom. The molecule has 0 amide bonds. The van der Waals surface area contributed by atoms with E-state index in [9.17, 15) is 13.6 Å². The van der Waals surface area contributed by atoms with Crippen LogP contribution in [-0.2, 0) is 9.53 Å². The normalized spacial score (nSPS) is 13.1. The summed E-state index contributed by atoms with van der Waals surface area (Å²) in [7, 11) is 0. The number of benzene rings is 2. The second kappa shape index (κ2) is 10.2. The summed E-state index contributed by atoms with van der Waals surface area (Å²) >= 11 is 0. The molecule has 0 unspecified atom stereocenters. The zero-order chi connectivity index (χ0) is 21.6. The number of carbonyl (C=O) groups is 1. The first-order valence-corrected chi connectivity index (χ1v) is 9.59. The van der Waals surface area contributed by atoms with E-state index in [1.807, 2.05) is 0 Å². The highest BCUT2D eigenvalue weighted by atomic mass is 19.1. The summed E-state index contributed by atoms with van der Waals surface area (Å²) in [6.07, 6.45) is -0.706. The fourth-order valence-corrected chi connectivity index (χ4v) is 3.12. The van der Waals surface area contributed by atoms with Crippen molar-refractivity contribution < 1.29 is 27.8 Å². The lowest BCUT2D eigenvalue weighted by Gasteiger charge is -2.28. The van der Waals surface area contributed by atoms with E-state index in [4.69, 9.17) is 19.9 Å². The van der Waals surface area contributed by atoms with Crippen molar-refractivity contribution in [1.82, 2.24) is 0 Å². The van der Waals surface area contributed by atoms with Crippen LogP contribution in [0.1, 0.15) is 44.7 Å². The molecule has 29 heavy (non-hydrogen) atoms. The molecule has 0 heterocycles. The number of halogens is 2. The molecule has 0 fully saturated rings. The molecule has 158 valence electrons. The lowest BCUT2D eigenvalue weighted by Crippen LogP contribution is -2.34. The van der Waals surface area contributed by atoms with Gasteiger partial charge in [0.2, 0.25) is 0 Å². The fraction of sp³-hybridized carbons (Fsp3) is 0.409. The highest BCUT2D eigenvalue weighted by Crippen LogP contribution is 2.40. The van der Waals surface area contributed by atoms with Crippen molar-refractivity contribution in [2.75, 3.05) is 13.2 Å². The number of carbonyl (C=O) groups excluding carboxylic acids is 1. The molecule has 2 aromatic rings. The monoisotopic (exact) mass is 407 g/mol. The Labute approximate surface area is 169 Å². The van der Waals surface area contributed by atoms with Crippen molar-refractivity contribution in [3.05, 3.63) is 59.2 Å². The molecule has 2 N–H and O–H groups in total. The van der Waals surface area contributed by atoms with Crippen LogP contribution in [0.2, 0.25) is 0 Å². The third-order valence-electron chi connectivity index (χ3n) is 4.36. The summed E-state index contributed by atoms with van der Waals surface area (Å²) in [6.45, 7) is 7.43. The van der Waals surface area contributed by atoms with Crippen LogP contribution in [0.25, 0.3) is 0 Å². The maximum Gasteiger partial charge on any atom is 0.322 e. The third kappa shape index (κ3) is 5.67. The van der Waals surface area contributed by atoms with Gasteiger partial charge in [0.25, 0.3) is 0 Å². The average molecular weight is 407 g/mol. The minimum absolute atomic E-state index is 0.313. The van der Waals surface area contributed by atoms with Gasteiger partial charge in [0.1, 0.15) is 35.3 Å². The first-order valence-electron chi connectivity index (χ1n) is 9.59. The quantitative estimate of drug-likeness (QED) is 0.632. The molecular formula is C22H27F2NO4. The highest BCUT2D eigenvalue weighted by molar-refractivity contribution is 5.75. The number of rotatable bonds is 9. The van der Waals surface area contributed by atoms with Gasteiger partial charge in [-0.2, -0.15) is 0 Å².